The summed E-state index contributed by atoms with van der Waals surface area (Å²) in [6.07, 6.45) is 10.6. The molecule has 0 saturated carbocycles. The van der Waals surface area contributed by atoms with E-state index < -0.39 is 0 Å². The molecule has 0 radical (unpaired) electrons. The largest absolute Gasteiger partial charge is 0.379 e. The molecule has 0 spiro atoms. The van der Waals surface area contributed by atoms with Crippen molar-refractivity contribution in [2.75, 3.05) is 20.2 Å². The van der Waals surface area contributed by atoms with Crippen molar-refractivity contribution >= 4 is 0 Å². The lowest BCUT2D eigenvalue weighted by Gasteiger charge is -2.46. The van der Waals surface area contributed by atoms with Crippen molar-refractivity contribution in [2.45, 2.75) is 39.3 Å². The number of hydrogen-bond donors (Lipinski definition) is 0. The van der Waals surface area contributed by atoms with Gasteiger partial charge < -0.3 is 4.74 Å². The summed E-state index contributed by atoms with van der Waals surface area (Å²) >= 11 is 0. The van der Waals surface area contributed by atoms with Crippen LogP contribution < -0.4 is 0 Å². The summed E-state index contributed by atoms with van der Waals surface area (Å²) < 4.78 is 5.40. The van der Waals surface area contributed by atoms with Crippen LogP contribution in [-0.4, -0.2) is 37.2 Å². The van der Waals surface area contributed by atoms with Crippen molar-refractivity contribution in [3.63, 3.8) is 0 Å². The van der Waals surface area contributed by atoms with E-state index >= 15 is 0 Å². The summed E-state index contributed by atoms with van der Waals surface area (Å²) in [5, 5.41) is 0. The average molecular weight is 247 g/mol. The van der Waals surface area contributed by atoms with Crippen LogP contribution in [0.15, 0.2) is 35.5 Å². The van der Waals surface area contributed by atoms with Gasteiger partial charge in [-0.15, -0.1) is 0 Å². The minimum absolute atomic E-state index is 0.427. The number of rotatable bonds is 6. The fourth-order valence-electron chi connectivity index (χ4n) is 2.85. The van der Waals surface area contributed by atoms with Gasteiger partial charge in [-0.2, -0.15) is 0 Å². The topological polar surface area (TPSA) is 12.5 Å². The number of methoxy groups -OCH3 is 1. The molecule has 2 heteroatoms. The van der Waals surface area contributed by atoms with Gasteiger partial charge in [0.2, 0.25) is 0 Å². The molecule has 0 N–H and O–H groups in total. The van der Waals surface area contributed by atoms with Crippen LogP contribution in [0.1, 0.15) is 27.2 Å². The number of likely N-dealkylation sites (tertiary alicyclic amines) is 1. The summed E-state index contributed by atoms with van der Waals surface area (Å²) in [4.78, 5) is 2.55. The Hall–Kier alpha value is -0.860. The van der Waals surface area contributed by atoms with Crippen LogP contribution in [0.4, 0.5) is 0 Å². The zero-order chi connectivity index (χ0) is 13.1. The highest BCUT2D eigenvalue weighted by Crippen LogP contribution is 2.36. The molecule has 2 atom stereocenters. The van der Waals surface area contributed by atoms with E-state index in [4.69, 9.17) is 4.74 Å². The number of nitrogens with zero attached hydrogens (tertiary/aromatic N) is 1. The molecule has 1 saturated heterocycles. The zero-order valence-corrected chi connectivity index (χ0v) is 12.0. The van der Waals surface area contributed by atoms with Crippen molar-refractivity contribution in [1.82, 2.24) is 4.90 Å². The third-order valence-corrected chi connectivity index (χ3v) is 4.14. The maximum absolute atomic E-state index is 5.40. The van der Waals surface area contributed by atoms with Gasteiger partial charge in [-0.1, -0.05) is 36.8 Å². The Morgan fingerprint density at radius 2 is 2.11 bits per heavy atom. The lowest BCUT2D eigenvalue weighted by atomic mass is 9.87. The normalized spacial score (nSPS) is 24.9. The molecule has 1 aliphatic heterocycles. The van der Waals surface area contributed by atoms with Crippen molar-refractivity contribution in [1.29, 1.82) is 0 Å². The summed E-state index contributed by atoms with van der Waals surface area (Å²) in [5.74, 6) is 0.630. The monoisotopic (exact) mass is 247 g/mol. The van der Waals surface area contributed by atoms with Gasteiger partial charge in [-0.25, -0.2) is 0 Å². The second kappa shape index (κ2) is 5.85. The first-order chi connectivity index (χ1) is 8.71. The van der Waals surface area contributed by atoms with Crippen LogP contribution in [-0.2, 0) is 4.74 Å². The van der Waals surface area contributed by atoms with Gasteiger partial charge >= 0.3 is 0 Å². The summed E-state index contributed by atoms with van der Waals surface area (Å²) in [6, 6.07) is 0.520. The molecule has 0 amide bonds. The second-order valence-corrected chi connectivity index (χ2v) is 5.32. The van der Waals surface area contributed by atoms with Crippen LogP contribution in [0.25, 0.3) is 0 Å². The Morgan fingerprint density at radius 1 is 1.44 bits per heavy atom. The molecule has 2 aliphatic rings. The molecule has 2 nitrogen and oxygen atoms in total. The second-order valence-electron chi connectivity index (χ2n) is 5.32. The Labute approximate surface area is 111 Å². The van der Waals surface area contributed by atoms with E-state index in [1.807, 2.05) is 7.11 Å². The molecule has 0 aromatic heterocycles. The Kier molecular flexibility index (Phi) is 4.41. The third-order valence-electron chi connectivity index (χ3n) is 4.14. The lowest BCUT2D eigenvalue weighted by Crippen LogP contribution is -2.58. The highest BCUT2D eigenvalue weighted by molar-refractivity contribution is 5.34. The van der Waals surface area contributed by atoms with Crippen molar-refractivity contribution in [2.24, 2.45) is 5.92 Å². The molecule has 0 aromatic rings. The van der Waals surface area contributed by atoms with Crippen molar-refractivity contribution in [3.05, 3.63) is 35.5 Å². The number of hydrogen-bond acceptors (Lipinski definition) is 2. The van der Waals surface area contributed by atoms with Gasteiger partial charge in [0.15, 0.2) is 0 Å². The van der Waals surface area contributed by atoms with Gasteiger partial charge in [0.05, 0.1) is 6.10 Å². The third kappa shape index (κ3) is 2.76. The van der Waals surface area contributed by atoms with E-state index in [0.717, 1.165) is 13.1 Å². The Balaban J connectivity index is 2.10. The van der Waals surface area contributed by atoms with Gasteiger partial charge in [-0.05, 0) is 31.8 Å². The van der Waals surface area contributed by atoms with Crippen molar-refractivity contribution in [3.8, 4) is 0 Å². The quantitative estimate of drug-likeness (QED) is 0.528. The van der Waals surface area contributed by atoms with Crippen LogP contribution >= 0.6 is 0 Å². The number of allylic oxidation sites excluding steroid dienone is 3. The predicted octanol–water partition coefficient (Wildman–Crippen LogP) is 3.17. The molecule has 100 valence electrons. The summed E-state index contributed by atoms with van der Waals surface area (Å²) in [6.45, 7) is 8.72. The summed E-state index contributed by atoms with van der Waals surface area (Å²) in [5.41, 5.74) is 3.05. The number of ether oxygens (including phenoxy) is 1. The van der Waals surface area contributed by atoms with Gasteiger partial charge in [-0.3, -0.25) is 4.90 Å². The summed E-state index contributed by atoms with van der Waals surface area (Å²) in [7, 11) is 1.81. The zero-order valence-electron chi connectivity index (χ0n) is 12.0. The van der Waals surface area contributed by atoms with Gasteiger partial charge in [0, 0.05) is 26.2 Å². The fraction of sp³-hybridized carbons (Fsp3) is 0.625. The standard InChI is InChI=1S/C16H25NO/c1-5-7-13(6-2)16(12(3)14-8-9-14)17-10-15(11-17)18-4/h5-8,12,15-16H,9-11H2,1-4H3. The molecule has 0 aromatic carbocycles. The molecule has 2 unspecified atom stereocenters. The van der Waals surface area contributed by atoms with Crippen LogP contribution in [0.2, 0.25) is 0 Å². The lowest BCUT2D eigenvalue weighted by molar-refractivity contribution is -0.0494. The molecule has 18 heavy (non-hydrogen) atoms. The molecule has 0 bridgehead atoms. The Bertz CT molecular complexity index is 375. The minimum atomic E-state index is 0.427. The van der Waals surface area contributed by atoms with Crippen LogP contribution in [0.5, 0.6) is 0 Å². The molecular formula is C16H25NO. The molecule has 2 rings (SSSR count). The van der Waals surface area contributed by atoms with E-state index in [9.17, 15) is 0 Å². The van der Waals surface area contributed by atoms with E-state index in [1.54, 1.807) is 5.57 Å². The maximum Gasteiger partial charge on any atom is 0.0825 e. The van der Waals surface area contributed by atoms with Gasteiger partial charge in [0.1, 0.15) is 0 Å². The first kappa shape index (κ1) is 13.6. The van der Waals surface area contributed by atoms with Crippen molar-refractivity contribution < 1.29 is 4.74 Å². The first-order valence-corrected chi connectivity index (χ1v) is 6.95. The van der Waals surface area contributed by atoms with Crippen LogP contribution in [0, 0.1) is 5.92 Å². The fourth-order valence-corrected chi connectivity index (χ4v) is 2.85. The van der Waals surface area contributed by atoms with Gasteiger partial charge in [0.25, 0.3) is 0 Å². The average Bonchev–Trinajstić information content (AvgIpc) is 3.14. The molecular weight excluding hydrogens is 222 g/mol. The predicted molar refractivity (Wildman–Crippen MR) is 76.6 cm³/mol. The van der Waals surface area contributed by atoms with Crippen LogP contribution in [0.3, 0.4) is 0 Å². The van der Waals surface area contributed by atoms with E-state index in [-0.39, 0.29) is 0 Å². The molecule has 1 heterocycles. The highest BCUT2D eigenvalue weighted by atomic mass is 16.5. The first-order valence-electron chi connectivity index (χ1n) is 6.95. The Morgan fingerprint density at radius 3 is 2.56 bits per heavy atom. The maximum atomic E-state index is 5.40. The van der Waals surface area contributed by atoms with E-state index in [0.29, 0.717) is 18.1 Å². The SMILES string of the molecule is CC=CC(=CC)C(C(C)C1=CC1)N1CC(OC)C1. The molecule has 1 fully saturated rings. The smallest absolute Gasteiger partial charge is 0.0825 e. The molecule has 1 aliphatic carbocycles. The minimum Gasteiger partial charge on any atom is -0.379 e. The van der Waals surface area contributed by atoms with E-state index in [2.05, 4.69) is 50.0 Å². The van der Waals surface area contributed by atoms with E-state index in [1.165, 1.54) is 12.0 Å². The highest BCUT2D eigenvalue weighted by Gasteiger charge is 2.38.